The van der Waals surface area contributed by atoms with Gasteiger partial charge >= 0.3 is 0 Å². The smallest absolute Gasteiger partial charge is 0.270 e. The van der Waals surface area contributed by atoms with Crippen molar-refractivity contribution in [2.45, 2.75) is 11.4 Å². The normalized spacial score (nSPS) is 11.6. The number of nitrogens with one attached hydrogen (secondary N) is 2. The molecule has 0 radical (unpaired) electrons. The molecule has 114 valence electrons. The molecule has 21 heavy (non-hydrogen) atoms. The van der Waals surface area contributed by atoms with Crippen LogP contribution in [-0.4, -0.2) is 47.9 Å². The van der Waals surface area contributed by atoms with Gasteiger partial charge in [-0.3, -0.25) is 4.79 Å². The first-order valence-electron chi connectivity index (χ1n) is 6.19. The Kier molecular flexibility index (Phi) is 4.14. The second kappa shape index (κ2) is 5.70. The lowest BCUT2D eigenvalue weighted by molar-refractivity contribution is 0.0772. The number of rotatable bonds is 5. The third-order valence-corrected chi connectivity index (χ3v) is 4.45. The molecule has 0 aliphatic rings. The van der Waals surface area contributed by atoms with Crippen LogP contribution in [0.3, 0.4) is 0 Å². The van der Waals surface area contributed by atoms with Crippen LogP contribution in [-0.2, 0) is 23.6 Å². The summed E-state index contributed by atoms with van der Waals surface area (Å²) >= 11 is 0. The lowest BCUT2D eigenvalue weighted by Gasteiger charge is -2.15. The fourth-order valence-corrected chi connectivity index (χ4v) is 2.69. The summed E-state index contributed by atoms with van der Waals surface area (Å²) in [6.07, 6.45) is 4.68. The number of imidazole rings is 1. The standard InChI is InChI=1S/C12H17N5O3S/c1-13-21(19,20)9-6-10(16(2)7-9)12(18)17(3)8-11-14-4-5-15-11/h4-7,13H,8H2,1-3H3,(H,14,15). The van der Waals surface area contributed by atoms with Gasteiger partial charge in [0, 0.05) is 32.7 Å². The van der Waals surface area contributed by atoms with E-state index < -0.39 is 10.0 Å². The third-order valence-electron chi connectivity index (χ3n) is 3.07. The van der Waals surface area contributed by atoms with Crippen molar-refractivity contribution < 1.29 is 13.2 Å². The molecule has 0 spiro atoms. The summed E-state index contributed by atoms with van der Waals surface area (Å²) < 4.78 is 27.2. The number of hydrogen-bond acceptors (Lipinski definition) is 4. The number of hydrogen-bond donors (Lipinski definition) is 2. The summed E-state index contributed by atoms with van der Waals surface area (Å²) in [6, 6.07) is 1.35. The topological polar surface area (TPSA) is 100 Å². The predicted octanol–water partition coefficient (Wildman–Crippen LogP) is -0.0715. The fourth-order valence-electron chi connectivity index (χ4n) is 1.89. The first-order chi connectivity index (χ1) is 9.85. The molecule has 0 aliphatic carbocycles. The van der Waals surface area contributed by atoms with Crippen molar-refractivity contribution in [1.82, 2.24) is 24.2 Å². The zero-order valence-electron chi connectivity index (χ0n) is 12.0. The lowest BCUT2D eigenvalue weighted by Crippen LogP contribution is -2.28. The van der Waals surface area contributed by atoms with Gasteiger partial charge in [-0.25, -0.2) is 18.1 Å². The quantitative estimate of drug-likeness (QED) is 0.807. The molecule has 9 heteroatoms. The summed E-state index contributed by atoms with van der Waals surface area (Å²) in [7, 11) is 1.01. The monoisotopic (exact) mass is 311 g/mol. The number of aromatic nitrogens is 3. The lowest BCUT2D eigenvalue weighted by atomic mass is 10.3. The Morgan fingerprint density at radius 3 is 2.81 bits per heavy atom. The maximum absolute atomic E-state index is 12.4. The van der Waals surface area contributed by atoms with Gasteiger partial charge in [0.2, 0.25) is 10.0 Å². The number of sulfonamides is 1. The summed E-state index contributed by atoms with van der Waals surface area (Å²) in [6.45, 7) is 0.311. The molecule has 0 bridgehead atoms. The zero-order valence-corrected chi connectivity index (χ0v) is 12.8. The number of aryl methyl sites for hydroxylation is 1. The molecule has 8 nitrogen and oxygen atoms in total. The minimum Gasteiger partial charge on any atom is -0.347 e. The van der Waals surface area contributed by atoms with E-state index in [1.165, 1.54) is 28.8 Å². The maximum Gasteiger partial charge on any atom is 0.270 e. The van der Waals surface area contributed by atoms with Gasteiger partial charge in [-0.05, 0) is 13.1 Å². The van der Waals surface area contributed by atoms with E-state index in [-0.39, 0.29) is 16.5 Å². The average Bonchev–Trinajstić information content (AvgIpc) is 3.07. The number of aromatic amines is 1. The van der Waals surface area contributed by atoms with Gasteiger partial charge in [-0.2, -0.15) is 0 Å². The highest BCUT2D eigenvalue weighted by atomic mass is 32.2. The number of nitrogens with zero attached hydrogens (tertiary/aromatic N) is 3. The van der Waals surface area contributed by atoms with E-state index in [1.807, 2.05) is 0 Å². The van der Waals surface area contributed by atoms with E-state index in [1.54, 1.807) is 26.5 Å². The highest BCUT2D eigenvalue weighted by molar-refractivity contribution is 7.89. The molecular formula is C12H17N5O3S. The Labute approximate surface area is 122 Å². The van der Waals surface area contributed by atoms with Crippen molar-refractivity contribution in [2.75, 3.05) is 14.1 Å². The Bertz CT molecular complexity index is 733. The van der Waals surface area contributed by atoms with Crippen LogP contribution in [0.4, 0.5) is 0 Å². The minimum absolute atomic E-state index is 0.0576. The summed E-state index contributed by atoms with van der Waals surface area (Å²) in [5.74, 6) is 0.370. The number of carbonyl (C=O) groups is 1. The number of H-pyrrole nitrogens is 1. The van der Waals surface area contributed by atoms with Crippen LogP contribution < -0.4 is 4.72 Å². The van der Waals surface area contributed by atoms with Gasteiger partial charge in [-0.1, -0.05) is 0 Å². The Morgan fingerprint density at radius 2 is 2.24 bits per heavy atom. The molecule has 0 saturated heterocycles. The van der Waals surface area contributed by atoms with Crippen LogP contribution >= 0.6 is 0 Å². The van der Waals surface area contributed by atoms with Gasteiger partial charge < -0.3 is 14.5 Å². The van der Waals surface area contributed by atoms with Crippen LogP contribution in [0.25, 0.3) is 0 Å². The Hall–Kier alpha value is -2.13. The Balaban J connectivity index is 2.23. The first-order valence-corrected chi connectivity index (χ1v) is 7.67. The van der Waals surface area contributed by atoms with Crippen molar-refractivity contribution in [3.05, 3.63) is 36.2 Å². The molecular weight excluding hydrogens is 294 g/mol. The maximum atomic E-state index is 12.4. The summed E-state index contributed by atoms with van der Waals surface area (Å²) in [5.41, 5.74) is 0.290. The zero-order chi connectivity index (χ0) is 15.6. The molecule has 0 atom stereocenters. The van der Waals surface area contributed by atoms with Crippen LogP contribution in [0, 0.1) is 0 Å². The van der Waals surface area contributed by atoms with Gasteiger partial charge in [0.25, 0.3) is 5.91 Å². The van der Waals surface area contributed by atoms with Crippen molar-refractivity contribution >= 4 is 15.9 Å². The van der Waals surface area contributed by atoms with E-state index in [2.05, 4.69) is 14.7 Å². The van der Waals surface area contributed by atoms with E-state index in [4.69, 9.17) is 0 Å². The highest BCUT2D eigenvalue weighted by Gasteiger charge is 2.21. The summed E-state index contributed by atoms with van der Waals surface area (Å²) in [5, 5.41) is 0. The van der Waals surface area contributed by atoms with Gasteiger partial charge in [0.1, 0.15) is 16.4 Å². The molecule has 0 unspecified atom stereocenters. The van der Waals surface area contributed by atoms with Gasteiger partial charge in [-0.15, -0.1) is 0 Å². The van der Waals surface area contributed by atoms with E-state index in [0.717, 1.165) is 0 Å². The van der Waals surface area contributed by atoms with E-state index in [9.17, 15) is 13.2 Å². The second-order valence-electron chi connectivity index (χ2n) is 4.58. The van der Waals surface area contributed by atoms with Crippen molar-refractivity contribution in [3.8, 4) is 0 Å². The van der Waals surface area contributed by atoms with Crippen molar-refractivity contribution in [3.63, 3.8) is 0 Å². The highest BCUT2D eigenvalue weighted by Crippen LogP contribution is 2.15. The van der Waals surface area contributed by atoms with E-state index >= 15 is 0 Å². The molecule has 0 fully saturated rings. The number of amides is 1. The molecule has 0 saturated carbocycles. The van der Waals surface area contributed by atoms with Gasteiger partial charge in [0.15, 0.2) is 0 Å². The molecule has 2 heterocycles. The molecule has 0 aliphatic heterocycles. The van der Waals surface area contributed by atoms with E-state index in [0.29, 0.717) is 12.4 Å². The Morgan fingerprint density at radius 1 is 1.52 bits per heavy atom. The molecule has 2 aromatic heterocycles. The molecule has 2 N–H and O–H groups in total. The molecule has 2 rings (SSSR count). The van der Waals surface area contributed by atoms with Crippen LogP contribution in [0.2, 0.25) is 0 Å². The summed E-state index contributed by atoms with van der Waals surface area (Å²) in [4.78, 5) is 20.8. The van der Waals surface area contributed by atoms with Crippen molar-refractivity contribution in [2.24, 2.45) is 7.05 Å². The van der Waals surface area contributed by atoms with Crippen LogP contribution in [0.1, 0.15) is 16.3 Å². The molecule has 1 amide bonds. The van der Waals surface area contributed by atoms with Crippen LogP contribution in [0.5, 0.6) is 0 Å². The molecule has 0 aromatic carbocycles. The van der Waals surface area contributed by atoms with Crippen LogP contribution in [0.15, 0.2) is 29.6 Å². The minimum atomic E-state index is -3.57. The predicted molar refractivity (Wildman–Crippen MR) is 76.0 cm³/mol. The second-order valence-corrected chi connectivity index (χ2v) is 6.46. The fraction of sp³-hybridized carbons (Fsp3) is 0.333. The molecule has 2 aromatic rings. The SMILES string of the molecule is CNS(=O)(=O)c1cc(C(=O)N(C)Cc2ncc[nH]2)n(C)c1. The number of carbonyl (C=O) groups excluding carboxylic acids is 1. The largest absolute Gasteiger partial charge is 0.347 e. The first kappa shape index (κ1) is 15.3. The van der Waals surface area contributed by atoms with Gasteiger partial charge in [0.05, 0.1) is 6.54 Å². The average molecular weight is 311 g/mol. The third kappa shape index (κ3) is 3.14. The van der Waals surface area contributed by atoms with Crippen molar-refractivity contribution in [1.29, 1.82) is 0 Å².